The van der Waals surface area contributed by atoms with E-state index in [0.717, 1.165) is 12.8 Å². The number of hydrogen-bond donors (Lipinski definition) is 0. The number of hydrogen-bond acceptors (Lipinski definition) is 4. The Bertz CT molecular complexity index is 1030. The first-order chi connectivity index (χ1) is 14.8. The molecule has 8 heteroatoms. The minimum absolute atomic E-state index is 0.0767. The summed E-state index contributed by atoms with van der Waals surface area (Å²) >= 11 is 6.29. The van der Waals surface area contributed by atoms with Crippen LogP contribution in [0.15, 0.2) is 66.1 Å². The number of rotatable bonds is 7. The smallest absolute Gasteiger partial charge is 0.266 e. The molecule has 166 valence electrons. The van der Waals surface area contributed by atoms with Gasteiger partial charge in [-0.15, -0.1) is 6.58 Å². The summed E-state index contributed by atoms with van der Waals surface area (Å²) in [6.45, 7) is 5.04. The van der Waals surface area contributed by atoms with Gasteiger partial charge >= 0.3 is 0 Å². The molecule has 0 saturated carbocycles. The quantitative estimate of drug-likeness (QED) is 0.587. The lowest BCUT2D eigenvalue weighted by Crippen LogP contribution is -2.44. The molecule has 31 heavy (non-hydrogen) atoms. The predicted molar refractivity (Wildman–Crippen MR) is 125 cm³/mol. The van der Waals surface area contributed by atoms with Crippen molar-refractivity contribution < 1.29 is 13.2 Å². The molecule has 0 unspecified atom stereocenters. The first-order valence-electron chi connectivity index (χ1n) is 10.2. The van der Waals surface area contributed by atoms with Gasteiger partial charge in [-0.3, -0.25) is 9.10 Å². The monoisotopic (exact) mass is 461 g/mol. The molecule has 1 aliphatic rings. The average Bonchev–Trinajstić information content (AvgIpc) is 2.77. The van der Waals surface area contributed by atoms with Gasteiger partial charge in [0.25, 0.3) is 15.9 Å². The fourth-order valence-corrected chi connectivity index (χ4v) is 5.71. The van der Waals surface area contributed by atoms with Crippen LogP contribution < -0.4 is 4.31 Å². The van der Waals surface area contributed by atoms with Crippen LogP contribution in [0, 0.1) is 0 Å². The van der Waals surface area contributed by atoms with E-state index in [2.05, 4.69) is 11.5 Å². The van der Waals surface area contributed by atoms with Gasteiger partial charge in [-0.05, 0) is 57.3 Å². The van der Waals surface area contributed by atoms with Gasteiger partial charge in [0.15, 0.2) is 0 Å². The maximum absolute atomic E-state index is 13.5. The highest BCUT2D eigenvalue weighted by Crippen LogP contribution is 2.30. The molecule has 0 aliphatic carbocycles. The fourth-order valence-electron chi connectivity index (χ4n) is 3.77. The highest BCUT2D eigenvalue weighted by molar-refractivity contribution is 7.93. The number of anilines is 1. The molecule has 1 aliphatic heterocycles. The maximum atomic E-state index is 13.5. The number of likely N-dealkylation sites (tertiary alicyclic amines) is 1. The van der Waals surface area contributed by atoms with Crippen molar-refractivity contribution in [3.8, 4) is 0 Å². The minimum Gasteiger partial charge on any atom is -0.339 e. The molecular weight excluding hydrogens is 434 g/mol. The molecule has 2 aromatic rings. The molecule has 2 aromatic carbocycles. The first kappa shape index (κ1) is 23.3. The Labute approximate surface area is 189 Å². The lowest BCUT2D eigenvalue weighted by atomic mass is 10.0. The summed E-state index contributed by atoms with van der Waals surface area (Å²) in [6, 6.07) is 13.7. The van der Waals surface area contributed by atoms with Crippen molar-refractivity contribution in [2.45, 2.75) is 23.8 Å². The molecular formula is C23H28ClN3O3S. The van der Waals surface area contributed by atoms with Gasteiger partial charge in [0.05, 0.1) is 17.3 Å². The molecule has 0 atom stereocenters. The summed E-state index contributed by atoms with van der Waals surface area (Å²) in [5.74, 6) is -0.180. The third-order valence-corrected chi connectivity index (χ3v) is 7.84. The van der Waals surface area contributed by atoms with E-state index in [1.165, 1.54) is 22.5 Å². The van der Waals surface area contributed by atoms with Crippen molar-refractivity contribution in [3.63, 3.8) is 0 Å². The van der Waals surface area contributed by atoms with E-state index in [1.807, 2.05) is 20.2 Å². The van der Waals surface area contributed by atoms with Crippen LogP contribution in [-0.2, 0) is 10.0 Å². The number of benzene rings is 2. The molecule has 0 aromatic heterocycles. The van der Waals surface area contributed by atoms with Gasteiger partial charge in [-0.2, -0.15) is 0 Å². The van der Waals surface area contributed by atoms with Crippen molar-refractivity contribution in [2.75, 3.05) is 38.0 Å². The third-order valence-electron chi connectivity index (χ3n) is 5.57. The van der Waals surface area contributed by atoms with Crippen LogP contribution in [0.25, 0.3) is 0 Å². The van der Waals surface area contributed by atoms with Crippen molar-refractivity contribution in [1.82, 2.24) is 9.80 Å². The normalized spacial score (nSPS) is 15.2. The Kier molecular flexibility index (Phi) is 7.41. The number of nitrogens with zero attached hydrogens (tertiary/aromatic N) is 3. The van der Waals surface area contributed by atoms with Gasteiger partial charge in [0.2, 0.25) is 0 Å². The average molecular weight is 462 g/mol. The SMILES string of the molecule is C=CCN(c1ccccc1)S(=O)(=O)c1cc(C(=O)N2CCC(N(C)C)CC2)ccc1Cl. The number of para-hydroxylation sites is 1. The van der Waals surface area contributed by atoms with Crippen LogP contribution in [0.3, 0.4) is 0 Å². The number of halogens is 1. The van der Waals surface area contributed by atoms with Crippen LogP contribution in [0.4, 0.5) is 5.69 Å². The number of carbonyl (C=O) groups is 1. The molecule has 1 fully saturated rings. The maximum Gasteiger partial charge on any atom is 0.266 e. The van der Waals surface area contributed by atoms with E-state index in [9.17, 15) is 13.2 Å². The molecule has 0 radical (unpaired) electrons. The van der Waals surface area contributed by atoms with Crippen LogP contribution in [0.2, 0.25) is 5.02 Å². The summed E-state index contributed by atoms with van der Waals surface area (Å²) in [6.07, 6.45) is 3.29. The molecule has 1 saturated heterocycles. The van der Waals surface area contributed by atoms with Crippen LogP contribution in [0.5, 0.6) is 0 Å². The number of amides is 1. The molecule has 3 rings (SSSR count). The van der Waals surface area contributed by atoms with Gasteiger partial charge in [0.1, 0.15) is 4.90 Å². The standard InChI is InChI=1S/C23H28ClN3O3S/c1-4-14-27(20-8-6-5-7-9-20)31(29,30)22-17-18(10-11-21(22)24)23(28)26-15-12-19(13-16-26)25(2)3/h4-11,17,19H,1,12-16H2,2-3H3. The second-order valence-corrected chi connectivity index (χ2v) is 10.0. The number of carbonyl (C=O) groups excluding carboxylic acids is 1. The third kappa shape index (κ3) is 5.11. The Balaban J connectivity index is 1.91. The largest absolute Gasteiger partial charge is 0.339 e. The predicted octanol–water partition coefficient (Wildman–Crippen LogP) is 3.89. The molecule has 1 heterocycles. The lowest BCUT2D eigenvalue weighted by Gasteiger charge is -2.35. The molecule has 0 spiro atoms. The molecule has 0 bridgehead atoms. The second kappa shape index (κ2) is 9.85. The first-order valence-corrected chi connectivity index (χ1v) is 12.0. The summed E-state index contributed by atoms with van der Waals surface area (Å²) in [5.41, 5.74) is 0.818. The Morgan fingerprint density at radius 2 is 1.81 bits per heavy atom. The highest BCUT2D eigenvalue weighted by atomic mass is 35.5. The van der Waals surface area contributed by atoms with E-state index in [-0.39, 0.29) is 22.4 Å². The van der Waals surface area contributed by atoms with E-state index in [0.29, 0.717) is 30.4 Å². The zero-order valence-electron chi connectivity index (χ0n) is 17.9. The Hall–Kier alpha value is -2.35. The van der Waals surface area contributed by atoms with Gasteiger partial charge in [0, 0.05) is 24.7 Å². The Morgan fingerprint density at radius 1 is 1.16 bits per heavy atom. The van der Waals surface area contributed by atoms with Gasteiger partial charge in [-0.25, -0.2) is 8.42 Å². The minimum atomic E-state index is -4.00. The van der Waals surface area contributed by atoms with E-state index in [1.54, 1.807) is 35.2 Å². The van der Waals surface area contributed by atoms with Crippen LogP contribution in [0.1, 0.15) is 23.2 Å². The zero-order valence-corrected chi connectivity index (χ0v) is 19.4. The Morgan fingerprint density at radius 3 is 2.39 bits per heavy atom. The summed E-state index contributed by atoms with van der Waals surface area (Å²) in [7, 11) is 0.0828. The van der Waals surface area contributed by atoms with Crippen molar-refractivity contribution in [3.05, 3.63) is 71.8 Å². The van der Waals surface area contributed by atoms with Gasteiger partial charge < -0.3 is 9.80 Å². The van der Waals surface area contributed by atoms with Crippen LogP contribution >= 0.6 is 11.6 Å². The lowest BCUT2D eigenvalue weighted by molar-refractivity contribution is 0.0663. The topological polar surface area (TPSA) is 60.9 Å². The fraction of sp³-hybridized carbons (Fsp3) is 0.348. The summed E-state index contributed by atoms with van der Waals surface area (Å²) in [5, 5.41) is 0.0767. The van der Waals surface area contributed by atoms with E-state index >= 15 is 0 Å². The van der Waals surface area contributed by atoms with E-state index < -0.39 is 10.0 Å². The van der Waals surface area contributed by atoms with Crippen molar-refractivity contribution in [1.29, 1.82) is 0 Å². The summed E-state index contributed by atoms with van der Waals surface area (Å²) in [4.78, 5) is 16.9. The number of piperidine rings is 1. The molecule has 6 nitrogen and oxygen atoms in total. The van der Waals surface area contributed by atoms with E-state index in [4.69, 9.17) is 11.6 Å². The summed E-state index contributed by atoms with van der Waals surface area (Å²) < 4.78 is 28.2. The second-order valence-electron chi connectivity index (χ2n) is 7.79. The molecule has 1 amide bonds. The number of sulfonamides is 1. The van der Waals surface area contributed by atoms with Crippen molar-refractivity contribution >= 4 is 33.2 Å². The van der Waals surface area contributed by atoms with Crippen molar-refractivity contribution in [2.24, 2.45) is 0 Å². The van der Waals surface area contributed by atoms with Crippen LogP contribution in [-0.4, -0.2) is 63.9 Å². The zero-order chi connectivity index (χ0) is 22.6. The van der Waals surface area contributed by atoms with Gasteiger partial charge in [-0.1, -0.05) is 35.9 Å². The highest BCUT2D eigenvalue weighted by Gasteiger charge is 2.29. The molecule has 0 N–H and O–H groups in total.